The van der Waals surface area contributed by atoms with E-state index >= 15 is 0 Å². The maximum Gasteiger partial charge on any atom is 0.222 e. The van der Waals surface area contributed by atoms with Gasteiger partial charge in [-0.2, -0.15) is 0 Å². The molecular weight excluding hydrogens is 288 g/mol. The number of amides is 1. The van der Waals surface area contributed by atoms with Crippen LogP contribution in [0, 0.1) is 6.92 Å². The highest BCUT2D eigenvalue weighted by Gasteiger charge is 2.19. The zero-order valence-corrected chi connectivity index (χ0v) is 13.1. The van der Waals surface area contributed by atoms with E-state index in [0.717, 1.165) is 11.3 Å². The number of rotatable bonds is 6. The topological polar surface area (TPSA) is 47.2 Å². The Hall–Kier alpha value is -2.75. The van der Waals surface area contributed by atoms with Crippen molar-refractivity contribution in [2.75, 3.05) is 0 Å². The predicted octanol–water partition coefficient (Wildman–Crippen LogP) is 3.69. The molecule has 1 aromatic carbocycles. The minimum atomic E-state index is -0.127. The summed E-state index contributed by atoms with van der Waals surface area (Å²) in [6, 6.07) is 15.7. The van der Waals surface area contributed by atoms with Crippen LogP contribution in [0.25, 0.3) is 0 Å². The van der Waals surface area contributed by atoms with Crippen molar-refractivity contribution in [1.82, 2.24) is 9.88 Å². The lowest BCUT2D eigenvalue weighted by atomic mass is 10.1. The third kappa shape index (κ3) is 3.92. The van der Waals surface area contributed by atoms with E-state index in [-0.39, 0.29) is 11.9 Å². The molecule has 0 saturated carbocycles. The van der Waals surface area contributed by atoms with E-state index in [1.165, 1.54) is 5.56 Å². The Bertz CT molecular complexity index is 694. The SMILES string of the molecule is Cc1ccc(CNC(=O)C[C@@H](c2ccco2)n2cccc2)cc1. The molecule has 0 radical (unpaired) electrons. The molecule has 118 valence electrons. The summed E-state index contributed by atoms with van der Waals surface area (Å²) in [6.45, 7) is 2.59. The van der Waals surface area contributed by atoms with Gasteiger partial charge in [0, 0.05) is 18.9 Å². The molecular formula is C19H20N2O2. The fourth-order valence-electron chi connectivity index (χ4n) is 2.54. The third-order valence-corrected chi connectivity index (χ3v) is 3.85. The molecule has 1 amide bonds. The molecule has 0 spiro atoms. The zero-order valence-electron chi connectivity index (χ0n) is 13.1. The smallest absolute Gasteiger partial charge is 0.222 e. The van der Waals surface area contributed by atoms with Crippen molar-refractivity contribution < 1.29 is 9.21 Å². The Labute approximate surface area is 135 Å². The number of hydrogen-bond acceptors (Lipinski definition) is 2. The van der Waals surface area contributed by atoms with E-state index in [2.05, 4.69) is 5.32 Å². The molecule has 2 aromatic heterocycles. The molecule has 1 N–H and O–H groups in total. The summed E-state index contributed by atoms with van der Waals surface area (Å²) in [5, 5.41) is 2.98. The quantitative estimate of drug-likeness (QED) is 0.755. The number of carbonyl (C=O) groups excluding carboxylic acids is 1. The fourth-order valence-corrected chi connectivity index (χ4v) is 2.54. The molecule has 0 saturated heterocycles. The van der Waals surface area contributed by atoms with Crippen LogP contribution >= 0.6 is 0 Å². The van der Waals surface area contributed by atoms with Crippen molar-refractivity contribution in [3.8, 4) is 0 Å². The highest BCUT2D eigenvalue weighted by molar-refractivity contribution is 5.76. The van der Waals surface area contributed by atoms with E-state index in [0.29, 0.717) is 13.0 Å². The highest BCUT2D eigenvalue weighted by atomic mass is 16.3. The Morgan fingerprint density at radius 2 is 1.87 bits per heavy atom. The maximum atomic E-state index is 12.3. The Kier molecular flexibility index (Phi) is 4.62. The van der Waals surface area contributed by atoms with E-state index in [1.807, 2.05) is 72.4 Å². The van der Waals surface area contributed by atoms with Crippen molar-refractivity contribution in [3.63, 3.8) is 0 Å². The van der Waals surface area contributed by atoms with Crippen LogP contribution in [0.4, 0.5) is 0 Å². The van der Waals surface area contributed by atoms with Crippen LogP contribution in [0.2, 0.25) is 0 Å². The van der Waals surface area contributed by atoms with Gasteiger partial charge in [0.05, 0.1) is 18.7 Å². The minimum absolute atomic E-state index is 0.000625. The third-order valence-electron chi connectivity index (χ3n) is 3.85. The summed E-state index contributed by atoms with van der Waals surface area (Å²) < 4.78 is 7.49. The average molecular weight is 308 g/mol. The maximum absolute atomic E-state index is 12.3. The first kappa shape index (κ1) is 15.2. The molecule has 2 heterocycles. The highest BCUT2D eigenvalue weighted by Crippen LogP contribution is 2.22. The normalized spacial score (nSPS) is 12.0. The molecule has 23 heavy (non-hydrogen) atoms. The van der Waals surface area contributed by atoms with E-state index in [9.17, 15) is 4.79 Å². The van der Waals surface area contributed by atoms with Gasteiger partial charge in [0.25, 0.3) is 0 Å². The van der Waals surface area contributed by atoms with Gasteiger partial charge >= 0.3 is 0 Å². The first-order chi connectivity index (χ1) is 11.2. The van der Waals surface area contributed by atoms with Gasteiger partial charge in [0.15, 0.2) is 0 Å². The molecule has 0 aliphatic carbocycles. The monoisotopic (exact) mass is 308 g/mol. The molecule has 0 aliphatic heterocycles. The van der Waals surface area contributed by atoms with Gasteiger partial charge in [-0.25, -0.2) is 0 Å². The summed E-state index contributed by atoms with van der Waals surface area (Å²) in [5.74, 6) is 0.785. The van der Waals surface area contributed by atoms with Crippen LogP contribution in [0.15, 0.2) is 71.6 Å². The summed E-state index contributed by atoms with van der Waals surface area (Å²) in [7, 11) is 0. The number of carbonyl (C=O) groups is 1. The van der Waals surface area contributed by atoms with Gasteiger partial charge in [0.2, 0.25) is 5.91 Å². The van der Waals surface area contributed by atoms with Crippen LogP contribution in [0.5, 0.6) is 0 Å². The fraction of sp³-hybridized carbons (Fsp3) is 0.211. The van der Waals surface area contributed by atoms with Crippen molar-refractivity contribution in [3.05, 3.63) is 84.1 Å². The second-order valence-corrected chi connectivity index (χ2v) is 5.63. The summed E-state index contributed by atoms with van der Waals surface area (Å²) in [5.41, 5.74) is 2.31. The molecule has 3 rings (SSSR count). The van der Waals surface area contributed by atoms with Gasteiger partial charge in [-0.1, -0.05) is 29.8 Å². The lowest BCUT2D eigenvalue weighted by molar-refractivity contribution is -0.121. The molecule has 4 nitrogen and oxygen atoms in total. The molecule has 0 unspecified atom stereocenters. The number of hydrogen-bond donors (Lipinski definition) is 1. The van der Waals surface area contributed by atoms with Gasteiger partial charge in [-0.3, -0.25) is 4.79 Å². The summed E-state index contributed by atoms with van der Waals surface area (Å²) in [6.07, 6.45) is 5.87. The molecule has 1 atom stereocenters. The van der Waals surface area contributed by atoms with E-state index in [1.54, 1.807) is 6.26 Å². The Morgan fingerprint density at radius 3 is 2.52 bits per heavy atom. The van der Waals surface area contributed by atoms with Crippen molar-refractivity contribution in [2.45, 2.75) is 25.9 Å². The standard InChI is InChI=1S/C19H20N2O2/c1-15-6-8-16(9-7-15)14-20-19(22)13-17(18-5-4-12-23-18)21-10-2-3-11-21/h2-12,17H,13-14H2,1H3,(H,20,22)/t17-/m0/s1. The predicted molar refractivity (Wildman–Crippen MR) is 88.9 cm³/mol. The summed E-state index contributed by atoms with van der Waals surface area (Å²) in [4.78, 5) is 12.3. The number of benzene rings is 1. The molecule has 0 bridgehead atoms. The first-order valence-corrected chi connectivity index (χ1v) is 7.70. The van der Waals surface area contributed by atoms with Gasteiger partial charge < -0.3 is 14.3 Å². The van der Waals surface area contributed by atoms with Crippen molar-refractivity contribution in [2.24, 2.45) is 0 Å². The molecule has 0 aliphatic rings. The summed E-state index contributed by atoms with van der Waals surface area (Å²) >= 11 is 0. The van der Waals surface area contributed by atoms with E-state index < -0.39 is 0 Å². The number of aromatic nitrogens is 1. The van der Waals surface area contributed by atoms with Crippen LogP contribution < -0.4 is 5.32 Å². The number of nitrogens with zero attached hydrogens (tertiary/aromatic N) is 1. The second kappa shape index (κ2) is 7.01. The number of furan rings is 1. The lowest BCUT2D eigenvalue weighted by Crippen LogP contribution is -2.26. The number of nitrogens with one attached hydrogen (secondary N) is 1. The van der Waals surface area contributed by atoms with Crippen molar-refractivity contribution in [1.29, 1.82) is 0 Å². The molecule has 0 fully saturated rings. The van der Waals surface area contributed by atoms with E-state index in [4.69, 9.17) is 4.42 Å². The number of aryl methyl sites for hydroxylation is 1. The first-order valence-electron chi connectivity index (χ1n) is 7.70. The largest absolute Gasteiger partial charge is 0.467 e. The van der Waals surface area contributed by atoms with Crippen LogP contribution in [0.3, 0.4) is 0 Å². The van der Waals surface area contributed by atoms with Crippen LogP contribution in [0.1, 0.15) is 29.3 Å². The Balaban J connectivity index is 1.63. The minimum Gasteiger partial charge on any atom is -0.467 e. The zero-order chi connectivity index (χ0) is 16.1. The molecule has 3 aromatic rings. The second-order valence-electron chi connectivity index (χ2n) is 5.63. The van der Waals surface area contributed by atoms with Crippen LogP contribution in [-0.4, -0.2) is 10.5 Å². The lowest BCUT2D eigenvalue weighted by Gasteiger charge is -2.16. The molecule has 4 heteroatoms. The van der Waals surface area contributed by atoms with Gasteiger partial charge in [0.1, 0.15) is 5.76 Å². The van der Waals surface area contributed by atoms with Crippen molar-refractivity contribution >= 4 is 5.91 Å². The average Bonchev–Trinajstić information content (AvgIpc) is 3.25. The van der Waals surface area contributed by atoms with Gasteiger partial charge in [-0.15, -0.1) is 0 Å². The Morgan fingerprint density at radius 1 is 1.13 bits per heavy atom. The van der Waals surface area contributed by atoms with Crippen LogP contribution in [-0.2, 0) is 11.3 Å². The van der Waals surface area contributed by atoms with Gasteiger partial charge in [-0.05, 0) is 36.8 Å².